The molecule has 3 nitrogen and oxygen atoms in total. The fraction of sp³-hybridized carbons (Fsp3) is 0.500. The summed E-state index contributed by atoms with van der Waals surface area (Å²) in [7, 11) is 1.78. The Balaban J connectivity index is 0.00000133. The summed E-state index contributed by atoms with van der Waals surface area (Å²) in [6.07, 6.45) is 3.43. The molecule has 0 aliphatic heterocycles. The first-order valence-electron chi connectivity index (χ1n) is 6.52. The van der Waals surface area contributed by atoms with Crippen LogP contribution in [0, 0.1) is 5.82 Å². The molecule has 2 aliphatic rings. The molecule has 19 heavy (non-hydrogen) atoms. The molecule has 2 saturated carbocycles. The average Bonchev–Trinajstić information content (AvgIpc) is 3.26. The summed E-state index contributed by atoms with van der Waals surface area (Å²) in [6, 6.07) is 7.93. The van der Waals surface area contributed by atoms with Gasteiger partial charge in [0.1, 0.15) is 5.82 Å². The number of halogens is 2. The second kappa shape index (κ2) is 6.07. The van der Waals surface area contributed by atoms with Crippen molar-refractivity contribution >= 4 is 29.9 Å². The molecule has 1 aromatic rings. The maximum atomic E-state index is 13.6. The Kier molecular flexibility index (Phi) is 4.65. The number of aliphatic imine (C=N–C) groups is 1. The van der Waals surface area contributed by atoms with Gasteiger partial charge < -0.3 is 10.6 Å². The van der Waals surface area contributed by atoms with Gasteiger partial charge in [-0.1, -0.05) is 18.2 Å². The molecule has 2 fully saturated rings. The molecule has 5 heteroatoms. The van der Waals surface area contributed by atoms with Crippen molar-refractivity contribution in [3.63, 3.8) is 0 Å². The molecule has 0 saturated heterocycles. The molecule has 2 N–H and O–H groups in total. The minimum atomic E-state index is -0.100. The van der Waals surface area contributed by atoms with Crippen LogP contribution in [-0.4, -0.2) is 25.1 Å². The van der Waals surface area contributed by atoms with Crippen LogP contribution in [0.4, 0.5) is 4.39 Å². The van der Waals surface area contributed by atoms with Gasteiger partial charge in [0.2, 0.25) is 0 Å². The number of nitrogens with zero attached hydrogens (tertiary/aromatic N) is 1. The highest BCUT2D eigenvalue weighted by atomic mass is 127. The highest BCUT2D eigenvalue weighted by Gasteiger charge is 2.40. The predicted molar refractivity (Wildman–Crippen MR) is 85.6 cm³/mol. The molecule has 104 valence electrons. The van der Waals surface area contributed by atoms with Crippen molar-refractivity contribution in [3.05, 3.63) is 35.6 Å². The first-order chi connectivity index (χ1) is 8.78. The summed E-state index contributed by atoms with van der Waals surface area (Å²) in [5, 5.41) is 6.70. The first kappa shape index (κ1) is 14.6. The zero-order chi connectivity index (χ0) is 12.5. The lowest BCUT2D eigenvalue weighted by atomic mass is 10.1. The first-order valence-corrected chi connectivity index (χ1v) is 6.52. The van der Waals surface area contributed by atoms with E-state index >= 15 is 0 Å². The van der Waals surface area contributed by atoms with Gasteiger partial charge in [-0.2, -0.15) is 0 Å². The van der Waals surface area contributed by atoms with Crippen LogP contribution < -0.4 is 10.6 Å². The van der Waals surface area contributed by atoms with Crippen molar-refractivity contribution in [1.82, 2.24) is 10.6 Å². The molecule has 3 rings (SSSR count). The smallest absolute Gasteiger partial charge is 0.191 e. The summed E-state index contributed by atoms with van der Waals surface area (Å²) < 4.78 is 13.6. The van der Waals surface area contributed by atoms with Crippen LogP contribution in [0.15, 0.2) is 29.3 Å². The molecule has 0 amide bonds. The molecular formula is C14H19FIN3. The van der Waals surface area contributed by atoms with E-state index in [0.29, 0.717) is 12.1 Å². The van der Waals surface area contributed by atoms with Crippen LogP contribution in [0.2, 0.25) is 0 Å². The topological polar surface area (TPSA) is 36.4 Å². The lowest BCUT2D eigenvalue weighted by molar-refractivity contribution is 0.607. The normalized spacial score (nSPS) is 25.5. The number of nitrogens with one attached hydrogen (secondary N) is 2. The Morgan fingerprint density at radius 2 is 2.00 bits per heavy atom. The third kappa shape index (κ3) is 3.58. The van der Waals surface area contributed by atoms with Crippen molar-refractivity contribution in [2.24, 2.45) is 4.99 Å². The van der Waals surface area contributed by atoms with Gasteiger partial charge >= 0.3 is 0 Å². The van der Waals surface area contributed by atoms with Crippen molar-refractivity contribution in [1.29, 1.82) is 0 Å². The van der Waals surface area contributed by atoms with E-state index in [-0.39, 0.29) is 35.7 Å². The van der Waals surface area contributed by atoms with E-state index < -0.39 is 0 Å². The quantitative estimate of drug-likeness (QED) is 0.484. The van der Waals surface area contributed by atoms with Crippen molar-refractivity contribution in [2.45, 2.75) is 37.3 Å². The highest BCUT2D eigenvalue weighted by Crippen LogP contribution is 2.41. The van der Waals surface area contributed by atoms with E-state index in [9.17, 15) is 4.39 Å². The van der Waals surface area contributed by atoms with Gasteiger partial charge in [0.15, 0.2) is 5.96 Å². The summed E-state index contributed by atoms with van der Waals surface area (Å²) in [5.74, 6) is 1.03. The van der Waals surface area contributed by atoms with Crippen LogP contribution >= 0.6 is 24.0 Å². The summed E-state index contributed by atoms with van der Waals surface area (Å²) >= 11 is 0. The number of guanidine groups is 1. The highest BCUT2D eigenvalue weighted by molar-refractivity contribution is 14.0. The van der Waals surface area contributed by atoms with Crippen molar-refractivity contribution in [3.8, 4) is 0 Å². The van der Waals surface area contributed by atoms with E-state index in [4.69, 9.17) is 0 Å². The third-order valence-corrected chi connectivity index (χ3v) is 3.56. The van der Waals surface area contributed by atoms with Gasteiger partial charge in [0.05, 0.1) is 0 Å². The second-order valence-electron chi connectivity index (χ2n) is 5.11. The summed E-state index contributed by atoms with van der Waals surface area (Å²) in [4.78, 5) is 4.20. The Bertz CT molecular complexity index is 474. The van der Waals surface area contributed by atoms with E-state index in [2.05, 4.69) is 15.6 Å². The predicted octanol–water partition coefficient (Wildman–Crippen LogP) is 2.63. The van der Waals surface area contributed by atoms with Gasteiger partial charge in [0.25, 0.3) is 0 Å². The number of hydrogen-bond donors (Lipinski definition) is 2. The molecule has 0 bridgehead atoms. The zero-order valence-electron chi connectivity index (χ0n) is 10.9. The van der Waals surface area contributed by atoms with E-state index in [1.807, 2.05) is 12.1 Å². The van der Waals surface area contributed by atoms with Crippen LogP contribution in [0.25, 0.3) is 0 Å². The summed E-state index contributed by atoms with van der Waals surface area (Å²) in [5.41, 5.74) is 0.817. The van der Waals surface area contributed by atoms with Crippen LogP contribution in [0.1, 0.15) is 30.7 Å². The molecule has 1 aromatic carbocycles. The fourth-order valence-corrected chi connectivity index (χ4v) is 2.24. The lowest BCUT2D eigenvalue weighted by Crippen LogP contribution is -2.40. The zero-order valence-corrected chi connectivity index (χ0v) is 13.2. The number of hydrogen-bond acceptors (Lipinski definition) is 1. The molecule has 2 aliphatic carbocycles. The van der Waals surface area contributed by atoms with Crippen LogP contribution in [-0.2, 0) is 0 Å². The van der Waals surface area contributed by atoms with Gasteiger partial charge in [-0.15, -0.1) is 24.0 Å². The number of rotatable bonds is 3. The van der Waals surface area contributed by atoms with Crippen molar-refractivity contribution in [2.75, 3.05) is 7.05 Å². The Labute approximate surface area is 130 Å². The minimum Gasteiger partial charge on any atom is -0.354 e. The molecule has 0 radical (unpaired) electrons. The SMILES string of the molecule is CN=C(NC1CC1)NC1CC1c1ccccc1F.I. The van der Waals surface area contributed by atoms with E-state index in [1.54, 1.807) is 13.1 Å². The molecule has 0 aromatic heterocycles. The Hall–Kier alpha value is -0.850. The van der Waals surface area contributed by atoms with Crippen LogP contribution in [0.3, 0.4) is 0 Å². The molecular weight excluding hydrogens is 356 g/mol. The van der Waals surface area contributed by atoms with E-state index in [1.165, 1.54) is 18.9 Å². The lowest BCUT2D eigenvalue weighted by Gasteiger charge is -2.11. The average molecular weight is 375 g/mol. The summed E-state index contributed by atoms with van der Waals surface area (Å²) in [6.45, 7) is 0. The minimum absolute atomic E-state index is 0. The molecule has 0 heterocycles. The molecule has 0 spiro atoms. The van der Waals surface area contributed by atoms with Crippen LogP contribution in [0.5, 0.6) is 0 Å². The number of benzene rings is 1. The maximum absolute atomic E-state index is 13.6. The van der Waals surface area contributed by atoms with Gasteiger partial charge in [-0.3, -0.25) is 4.99 Å². The standard InChI is InChI=1S/C14H18FN3.HI/c1-16-14(17-9-6-7-9)18-13-8-11(13)10-4-2-3-5-12(10)15;/h2-5,9,11,13H,6-8H2,1H3,(H2,16,17,18);1H. The van der Waals surface area contributed by atoms with Gasteiger partial charge in [-0.25, -0.2) is 4.39 Å². The third-order valence-electron chi connectivity index (χ3n) is 3.56. The second-order valence-corrected chi connectivity index (χ2v) is 5.11. The maximum Gasteiger partial charge on any atom is 0.191 e. The largest absolute Gasteiger partial charge is 0.354 e. The molecule has 2 unspecified atom stereocenters. The van der Waals surface area contributed by atoms with Crippen molar-refractivity contribution < 1.29 is 4.39 Å². The monoisotopic (exact) mass is 375 g/mol. The fourth-order valence-electron chi connectivity index (χ4n) is 2.24. The molecule has 2 atom stereocenters. The van der Waals surface area contributed by atoms with E-state index in [0.717, 1.165) is 17.9 Å². The Morgan fingerprint density at radius 3 is 2.63 bits per heavy atom. The van der Waals surface area contributed by atoms with Gasteiger partial charge in [0, 0.05) is 25.0 Å². The van der Waals surface area contributed by atoms with Gasteiger partial charge in [-0.05, 0) is 30.9 Å². The Morgan fingerprint density at radius 1 is 1.26 bits per heavy atom.